The van der Waals surface area contributed by atoms with Crippen molar-refractivity contribution in [2.75, 3.05) is 33.2 Å². The van der Waals surface area contributed by atoms with Crippen LogP contribution in [-0.2, 0) is 4.79 Å². The van der Waals surface area contributed by atoms with Gasteiger partial charge in [0.2, 0.25) is 5.91 Å². The number of nitrogens with one attached hydrogen (secondary N) is 1. The second kappa shape index (κ2) is 9.09. The first-order valence-electron chi connectivity index (χ1n) is 10.5. The molecule has 2 fully saturated rings. The van der Waals surface area contributed by atoms with Crippen LogP contribution < -0.4 is 5.32 Å². The molecule has 2 heterocycles. The Labute approximate surface area is 176 Å². The van der Waals surface area contributed by atoms with Gasteiger partial charge in [0.15, 0.2) is 0 Å². The smallest absolute Gasteiger partial charge is 0.251 e. The van der Waals surface area contributed by atoms with E-state index in [0.717, 1.165) is 57.4 Å². The second-order valence-electron chi connectivity index (χ2n) is 8.21. The molecular weight excluding hydrogens is 382 g/mol. The van der Waals surface area contributed by atoms with Crippen molar-refractivity contribution >= 4 is 23.2 Å². The van der Waals surface area contributed by atoms with E-state index in [0.29, 0.717) is 11.5 Å². The number of hydrogen-bond acceptors (Lipinski definition) is 4. The van der Waals surface area contributed by atoms with Gasteiger partial charge in [0.25, 0.3) is 5.91 Å². The maximum absolute atomic E-state index is 12.8. The predicted octanol–water partition coefficient (Wildman–Crippen LogP) is 3.48. The van der Waals surface area contributed by atoms with Crippen molar-refractivity contribution in [3.63, 3.8) is 0 Å². The number of hydrogen-bond donors (Lipinski definition) is 1. The lowest BCUT2D eigenvalue weighted by atomic mass is 9.85. The van der Waals surface area contributed by atoms with Crippen LogP contribution in [0.15, 0.2) is 41.8 Å². The zero-order valence-electron chi connectivity index (χ0n) is 17.0. The molecule has 2 aromatic rings. The van der Waals surface area contributed by atoms with Crippen molar-refractivity contribution in [1.82, 2.24) is 15.1 Å². The molecule has 4 rings (SSSR count). The van der Waals surface area contributed by atoms with Crippen LogP contribution in [0, 0.1) is 5.92 Å². The molecule has 1 aromatic carbocycles. The zero-order chi connectivity index (χ0) is 20.2. The van der Waals surface area contributed by atoms with Gasteiger partial charge in [0.1, 0.15) is 0 Å². The fourth-order valence-corrected chi connectivity index (χ4v) is 5.00. The van der Waals surface area contributed by atoms with E-state index in [9.17, 15) is 9.59 Å². The van der Waals surface area contributed by atoms with E-state index in [1.165, 1.54) is 4.88 Å². The van der Waals surface area contributed by atoms with Crippen molar-refractivity contribution in [2.24, 2.45) is 5.92 Å². The minimum Gasteiger partial charge on any atom is -0.349 e. The lowest BCUT2D eigenvalue weighted by Gasteiger charge is -2.36. The number of carbonyl (C=O) groups is 2. The molecule has 1 aliphatic heterocycles. The Bertz CT molecular complexity index is 818. The number of rotatable bonds is 4. The predicted molar refractivity (Wildman–Crippen MR) is 117 cm³/mol. The molecular formula is C23H29N3O2S. The van der Waals surface area contributed by atoms with Crippen LogP contribution in [0.3, 0.4) is 0 Å². The summed E-state index contributed by atoms with van der Waals surface area (Å²) in [5.41, 5.74) is 1.83. The summed E-state index contributed by atoms with van der Waals surface area (Å²) >= 11 is 1.70. The van der Waals surface area contributed by atoms with Crippen LogP contribution in [-0.4, -0.2) is 60.9 Å². The zero-order valence-corrected chi connectivity index (χ0v) is 17.8. The molecule has 2 amide bonds. The fraction of sp³-hybridized carbons (Fsp3) is 0.478. The molecule has 1 N–H and O–H groups in total. The first-order chi connectivity index (χ1) is 14.1. The number of amides is 2. The Morgan fingerprint density at radius 3 is 2.28 bits per heavy atom. The summed E-state index contributed by atoms with van der Waals surface area (Å²) < 4.78 is 0. The van der Waals surface area contributed by atoms with Crippen molar-refractivity contribution in [1.29, 1.82) is 0 Å². The highest BCUT2D eigenvalue weighted by atomic mass is 32.1. The van der Waals surface area contributed by atoms with Crippen LogP contribution in [0.4, 0.5) is 0 Å². The third-order valence-electron chi connectivity index (χ3n) is 6.18. The first kappa shape index (κ1) is 20.1. The Kier molecular flexibility index (Phi) is 6.31. The Balaban J connectivity index is 1.26. The van der Waals surface area contributed by atoms with E-state index in [-0.39, 0.29) is 17.9 Å². The minimum absolute atomic E-state index is 0.0171. The van der Waals surface area contributed by atoms with Gasteiger partial charge < -0.3 is 15.1 Å². The van der Waals surface area contributed by atoms with Crippen LogP contribution >= 0.6 is 11.3 Å². The van der Waals surface area contributed by atoms with E-state index in [1.807, 2.05) is 35.2 Å². The summed E-state index contributed by atoms with van der Waals surface area (Å²) in [6.07, 6.45) is 3.49. The van der Waals surface area contributed by atoms with Gasteiger partial charge in [0, 0.05) is 48.6 Å². The van der Waals surface area contributed by atoms with Gasteiger partial charge in [-0.1, -0.05) is 18.2 Å². The quantitative estimate of drug-likeness (QED) is 0.838. The van der Waals surface area contributed by atoms with E-state index in [4.69, 9.17) is 0 Å². The summed E-state index contributed by atoms with van der Waals surface area (Å²) in [7, 11) is 2.10. The molecule has 1 saturated carbocycles. The third-order valence-corrected chi connectivity index (χ3v) is 7.10. The van der Waals surface area contributed by atoms with E-state index < -0.39 is 0 Å². The van der Waals surface area contributed by atoms with E-state index in [2.05, 4.69) is 28.7 Å². The molecule has 6 heteroatoms. The number of thiophene rings is 1. The Hall–Kier alpha value is -2.18. The van der Waals surface area contributed by atoms with Crippen molar-refractivity contribution < 1.29 is 9.59 Å². The highest BCUT2D eigenvalue weighted by Crippen LogP contribution is 2.27. The molecule has 0 atom stereocenters. The molecule has 154 valence electrons. The first-order valence-corrected chi connectivity index (χ1v) is 11.4. The number of nitrogens with zero attached hydrogens (tertiary/aromatic N) is 2. The van der Waals surface area contributed by atoms with Gasteiger partial charge in [-0.3, -0.25) is 9.59 Å². The summed E-state index contributed by atoms with van der Waals surface area (Å²) in [6, 6.07) is 12.1. The van der Waals surface area contributed by atoms with Crippen LogP contribution in [0.5, 0.6) is 0 Å². The maximum Gasteiger partial charge on any atom is 0.251 e. The largest absolute Gasteiger partial charge is 0.349 e. The summed E-state index contributed by atoms with van der Waals surface area (Å²) in [5.74, 6) is 0.417. The van der Waals surface area contributed by atoms with Gasteiger partial charge in [-0.05, 0) is 61.9 Å². The van der Waals surface area contributed by atoms with E-state index in [1.54, 1.807) is 11.3 Å². The number of benzene rings is 1. The Morgan fingerprint density at radius 1 is 0.966 bits per heavy atom. The van der Waals surface area contributed by atoms with Crippen molar-refractivity contribution in [3.05, 3.63) is 47.3 Å². The van der Waals surface area contributed by atoms with Gasteiger partial charge in [0.05, 0.1) is 0 Å². The van der Waals surface area contributed by atoms with E-state index >= 15 is 0 Å². The highest BCUT2D eigenvalue weighted by Gasteiger charge is 2.31. The molecule has 29 heavy (non-hydrogen) atoms. The lowest BCUT2D eigenvalue weighted by Crippen LogP contribution is -2.50. The summed E-state index contributed by atoms with van der Waals surface area (Å²) in [6.45, 7) is 3.60. The fourth-order valence-electron chi connectivity index (χ4n) is 4.27. The summed E-state index contributed by atoms with van der Waals surface area (Å²) in [5, 5.41) is 5.22. The average molecular weight is 412 g/mol. The number of carbonyl (C=O) groups excluding carboxylic acids is 2. The van der Waals surface area contributed by atoms with Gasteiger partial charge >= 0.3 is 0 Å². The summed E-state index contributed by atoms with van der Waals surface area (Å²) in [4.78, 5) is 30.9. The molecule has 2 aliphatic rings. The Morgan fingerprint density at radius 2 is 1.66 bits per heavy atom. The number of piperazine rings is 1. The topological polar surface area (TPSA) is 52.6 Å². The molecule has 1 aromatic heterocycles. The van der Waals surface area contributed by atoms with Crippen LogP contribution in [0.1, 0.15) is 36.0 Å². The van der Waals surface area contributed by atoms with Crippen LogP contribution in [0.2, 0.25) is 0 Å². The normalized spacial score (nSPS) is 23.0. The van der Waals surface area contributed by atoms with Crippen molar-refractivity contribution in [3.8, 4) is 10.4 Å². The molecule has 0 bridgehead atoms. The minimum atomic E-state index is -0.0171. The van der Waals surface area contributed by atoms with Gasteiger partial charge in [-0.15, -0.1) is 11.3 Å². The molecule has 0 radical (unpaired) electrons. The van der Waals surface area contributed by atoms with Gasteiger partial charge in [-0.2, -0.15) is 0 Å². The average Bonchev–Trinajstić information content (AvgIpc) is 3.29. The van der Waals surface area contributed by atoms with Crippen LogP contribution in [0.25, 0.3) is 10.4 Å². The monoisotopic (exact) mass is 411 g/mol. The molecule has 0 spiro atoms. The molecule has 1 aliphatic carbocycles. The maximum atomic E-state index is 12.8. The second-order valence-corrected chi connectivity index (χ2v) is 9.15. The molecule has 0 unspecified atom stereocenters. The van der Waals surface area contributed by atoms with Crippen molar-refractivity contribution in [2.45, 2.75) is 31.7 Å². The molecule has 5 nitrogen and oxygen atoms in total. The molecule has 1 saturated heterocycles. The number of likely N-dealkylation sites (N-methyl/N-ethyl adjacent to an activating group) is 1. The SMILES string of the molecule is CN1CCN(C(=O)C2CCC(NC(=O)c3ccc(-c4cccs4)cc3)CC2)CC1. The standard InChI is InChI=1S/C23H29N3O2S/c1-25-12-14-26(15-13-25)23(28)19-8-10-20(11-9-19)24-22(27)18-6-4-17(5-7-18)21-3-2-16-29-21/h2-7,16,19-20H,8-15H2,1H3,(H,24,27). The highest BCUT2D eigenvalue weighted by molar-refractivity contribution is 7.13. The third kappa shape index (κ3) is 4.87. The lowest BCUT2D eigenvalue weighted by molar-refractivity contribution is -0.138. The van der Waals surface area contributed by atoms with Gasteiger partial charge in [-0.25, -0.2) is 0 Å².